The molecule has 8 heteroatoms. The van der Waals surface area contributed by atoms with Gasteiger partial charge in [-0.15, -0.1) is 5.10 Å². The fourth-order valence-corrected chi connectivity index (χ4v) is 2.37. The molecule has 1 unspecified atom stereocenters. The summed E-state index contributed by atoms with van der Waals surface area (Å²) in [6, 6.07) is 0.172. The lowest BCUT2D eigenvalue weighted by Crippen LogP contribution is -2.45. The van der Waals surface area contributed by atoms with Crippen LogP contribution < -0.4 is 10.1 Å². The third-order valence-corrected chi connectivity index (χ3v) is 3.49. The number of methoxy groups -OCH3 is 1. The Balaban J connectivity index is 1.94. The van der Waals surface area contributed by atoms with Crippen molar-refractivity contribution in [2.75, 3.05) is 25.5 Å². The maximum Gasteiger partial charge on any atom is 0.336 e. The van der Waals surface area contributed by atoms with Gasteiger partial charge in [-0.25, -0.2) is 5.10 Å². The number of piperidine rings is 1. The first-order valence-electron chi connectivity index (χ1n) is 7.07. The highest BCUT2D eigenvalue weighted by Crippen LogP contribution is 2.19. The predicted molar refractivity (Wildman–Crippen MR) is 75.7 cm³/mol. The second kappa shape index (κ2) is 6.55. The first kappa shape index (κ1) is 15.3. The minimum absolute atomic E-state index is 0.0506. The van der Waals surface area contributed by atoms with E-state index in [0.717, 1.165) is 19.4 Å². The van der Waals surface area contributed by atoms with E-state index in [0.29, 0.717) is 6.54 Å². The van der Waals surface area contributed by atoms with Gasteiger partial charge in [-0.1, -0.05) is 13.8 Å². The smallest absolute Gasteiger partial charge is 0.336 e. The summed E-state index contributed by atoms with van der Waals surface area (Å²) in [7, 11) is 1.45. The lowest BCUT2D eigenvalue weighted by atomic mass is 9.96. The van der Waals surface area contributed by atoms with E-state index >= 15 is 0 Å². The zero-order valence-electron chi connectivity index (χ0n) is 12.5. The molecule has 21 heavy (non-hydrogen) atoms. The Bertz CT molecular complexity index is 514. The fraction of sp³-hybridized carbons (Fsp3) is 0.692. The molecule has 0 bridgehead atoms. The van der Waals surface area contributed by atoms with Gasteiger partial charge in [0.1, 0.15) is 0 Å². The number of nitrogens with one attached hydrogen (secondary N) is 2. The van der Waals surface area contributed by atoms with Crippen molar-refractivity contribution in [3.63, 3.8) is 0 Å². The third-order valence-electron chi connectivity index (χ3n) is 3.49. The Labute approximate surface area is 123 Å². The molecule has 1 aromatic rings. The van der Waals surface area contributed by atoms with Crippen LogP contribution in [0.25, 0.3) is 0 Å². The molecule has 1 fully saturated rings. The van der Waals surface area contributed by atoms with Gasteiger partial charge in [0.05, 0.1) is 13.0 Å². The van der Waals surface area contributed by atoms with Crippen LogP contribution in [0, 0.1) is 11.8 Å². The molecule has 2 rings (SSSR count). The van der Waals surface area contributed by atoms with E-state index < -0.39 is 0 Å². The second-order valence-electron chi connectivity index (χ2n) is 5.44. The first-order valence-corrected chi connectivity index (χ1v) is 7.07. The third kappa shape index (κ3) is 3.71. The van der Waals surface area contributed by atoms with Crippen LogP contribution in [0.1, 0.15) is 26.7 Å². The largest absolute Gasteiger partial charge is 0.466 e. The van der Waals surface area contributed by atoms with Crippen LogP contribution in [-0.4, -0.2) is 52.1 Å². The van der Waals surface area contributed by atoms with Crippen molar-refractivity contribution in [3.05, 3.63) is 0 Å². The Hall–Kier alpha value is -2.12. The molecular weight excluding hydrogens is 274 g/mol. The van der Waals surface area contributed by atoms with Gasteiger partial charge in [0.25, 0.3) is 0 Å². The van der Waals surface area contributed by atoms with Gasteiger partial charge in [0.15, 0.2) is 0 Å². The van der Waals surface area contributed by atoms with Crippen LogP contribution in [0.15, 0.2) is 0 Å². The average molecular weight is 295 g/mol. The molecule has 0 radical (unpaired) electrons. The number of likely N-dealkylation sites (tertiary alicyclic amines) is 1. The summed E-state index contributed by atoms with van der Waals surface area (Å²) in [6.07, 6.45) is 1.59. The number of rotatable bonds is 4. The van der Waals surface area contributed by atoms with E-state index in [1.54, 1.807) is 4.90 Å². The Morgan fingerprint density at radius 1 is 1.48 bits per heavy atom. The maximum absolute atomic E-state index is 12.2. The molecule has 116 valence electrons. The van der Waals surface area contributed by atoms with Crippen LogP contribution in [0.5, 0.6) is 6.01 Å². The molecule has 1 atom stereocenters. The maximum atomic E-state index is 12.2. The fourth-order valence-electron chi connectivity index (χ4n) is 2.37. The van der Waals surface area contributed by atoms with Gasteiger partial charge in [-0.2, -0.15) is 4.98 Å². The van der Waals surface area contributed by atoms with Gasteiger partial charge >= 0.3 is 6.01 Å². The van der Waals surface area contributed by atoms with Crippen molar-refractivity contribution < 1.29 is 14.3 Å². The number of amides is 2. The van der Waals surface area contributed by atoms with Crippen molar-refractivity contribution in [2.45, 2.75) is 26.7 Å². The molecule has 8 nitrogen and oxygen atoms in total. The topological polar surface area (TPSA) is 100 Å². The van der Waals surface area contributed by atoms with E-state index in [2.05, 4.69) is 20.5 Å². The highest BCUT2D eigenvalue weighted by molar-refractivity contribution is 5.91. The molecule has 0 aliphatic carbocycles. The summed E-state index contributed by atoms with van der Waals surface area (Å²) >= 11 is 0. The lowest BCUT2D eigenvalue weighted by Gasteiger charge is -2.33. The van der Waals surface area contributed by atoms with Crippen molar-refractivity contribution in [1.82, 2.24) is 20.1 Å². The number of H-pyrrole nitrogens is 1. The minimum Gasteiger partial charge on any atom is -0.466 e. The number of aromatic nitrogens is 3. The van der Waals surface area contributed by atoms with Gasteiger partial charge in [-0.3, -0.25) is 14.9 Å². The number of hydrogen-bond donors (Lipinski definition) is 2. The summed E-state index contributed by atoms with van der Waals surface area (Å²) in [6.45, 7) is 4.91. The molecule has 2 amide bonds. The van der Waals surface area contributed by atoms with Gasteiger partial charge in [0, 0.05) is 19.0 Å². The molecule has 0 spiro atoms. The first-order chi connectivity index (χ1) is 10.0. The number of aromatic amines is 1. The average Bonchev–Trinajstić information content (AvgIpc) is 2.94. The quantitative estimate of drug-likeness (QED) is 0.849. The standard InChI is InChI=1S/C13H21N5O3/c1-8(2)11(20)18-6-4-5-9(7-18)10(19)14-12-15-13(21-3)17-16-12/h8-9H,4-7H2,1-3H3,(H2,14,15,16,17,19). The zero-order chi connectivity index (χ0) is 15.4. The molecule has 1 aliphatic heterocycles. The lowest BCUT2D eigenvalue weighted by molar-refractivity contribution is -0.137. The van der Waals surface area contributed by atoms with Crippen LogP contribution >= 0.6 is 0 Å². The Kier molecular flexibility index (Phi) is 4.77. The van der Waals surface area contributed by atoms with E-state index in [1.807, 2.05) is 13.8 Å². The highest BCUT2D eigenvalue weighted by Gasteiger charge is 2.29. The van der Waals surface area contributed by atoms with Gasteiger partial charge in [0.2, 0.25) is 17.8 Å². The van der Waals surface area contributed by atoms with Gasteiger partial charge < -0.3 is 9.64 Å². The normalized spacial score (nSPS) is 18.7. The number of carbonyl (C=O) groups is 2. The number of anilines is 1. The second-order valence-corrected chi connectivity index (χ2v) is 5.44. The van der Waals surface area contributed by atoms with E-state index in [-0.39, 0.29) is 35.6 Å². The monoisotopic (exact) mass is 295 g/mol. The predicted octanol–water partition coefficient (Wildman–Crippen LogP) is 0.646. The van der Waals surface area contributed by atoms with Crippen molar-refractivity contribution in [1.29, 1.82) is 0 Å². The molecule has 1 aromatic heterocycles. The van der Waals surface area contributed by atoms with Crippen LogP contribution in [0.4, 0.5) is 5.95 Å². The Morgan fingerprint density at radius 3 is 2.86 bits per heavy atom. The zero-order valence-corrected chi connectivity index (χ0v) is 12.5. The molecular formula is C13H21N5O3. The highest BCUT2D eigenvalue weighted by atomic mass is 16.5. The van der Waals surface area contributed by atoms with Crippen LogP contribution in [0.3, 0.4) is 0 Å². The van der Waals surface area contributed by atoms with E-state index in [1.165, 1.54) is 7.11 Å². The molecule has 2 heterocycles. The summed E-state index contributed by atoms with van der Waals surface area (Å²) in [5, 5.41) is 9.01. The number of hydrogen-bond acceptors (Lipinski definition) is 5. The number of carbonyl (C=O) groups excluding carboxylic acids is 2. The van der Waals surface area contributed by atoms with Crippen LogP contribution in [-0.2, 0) is 9.59 Å². The van der Waals surface area contributed by atoms with Crippen molar-refractivity contribution in [2.24, 2.45) is 11.8 Å². The molecule has 1 aliphatic rings. The summed E-state index contributed by atoms with van der Waals surface area (Å²) < 4.78 is 4.84. The molecule has 0 saturated carbocycles. The van der Waals surface area contributed by atoms with Crippen molar-refractivity contribution >= 4 is 17.8 Å². The summed E-state index contributed by atoms with van der Waals surface area (Å²) in [4.78, 5) is 29.9. The van der Waals surface area contributed by atoms with Crippen LogP contribution in [0.2, 0.25) is 0 Å². The number of nitrogens with zero attached hydrogens (tertiary/aromatic N) is 3. The van der Waals surface area contributed by atoms with E-state index in [4.69, 9.17) is 4.74 Å². The van der Waals surface area contributed by atoms with Gasteiger partial charge in [-0.05, 0) is 12.8 Å². The minimum atomic E-state index is -0.224. The molecule has 2 N–H and O–H groups in total. The molecule has 0 aromatic carbocycles. The molecule has 1 saturated heterocycles. The van der Waals surface area contributed by atoms with Crippen molar-refractivity contribution in [3.8, 4) is 6.01 Å². The Morgan fingerprint density at radius 2 is 2.24 bits per heavy atom. The summed E-state index contributed by atoms with van der Waals surface area (Å²) in [5.74, 6) is -0.0871. The SMILES string of the molecule is COc1n[nH]c(NC(=O)C2CCCN(C(=O)C(C)C)C2)n1. The van der Waals surface area contributed by atoms with E-state index in [9.17, 15) is 9.59 Å². The number of ether oxygens (including phenoxy) is 1. The summed E-state index contributed by atoms with van der Waals surface area (Å²) in [5.41, 5.74) is 0.